The molecule has 0 atom stereocenters. The lowest BCUT2D eigenvalue weighted by Gasteiger charge is -2.32. The number of hydrogen-bond acceptors (Lipinski definition) is 3. The Morgan fingerprint density at radius 2 is 1.63 bits per heavy atom. The van der Waals surface area contributed by atoms with Crippen molar-refractivity contribution in [2.24, 2.45) is 0 Å². The monoisotopic (exact) mass is 270 g/mol. The van der Waals surface area contributed by atoms with Gasteiger partial charge in [-0.2, -0.15) is 0 Å². The standard InChI is InChI=1S/C13H17BF2O3/c1-12(2)13(3,4)19-14(18-12)9-5-8(7-17)11(16)10(15)6-9/h5-6,17H,7H2,1-4H3. The molecule has 2 rings (SSSR count). The smallest absolute Gasteiger partial charge is 0.399 e. The predicted octanol–water partition coefficient (Wildman–Crippen LogP) is 1.76. The summed E-state index contributed by atoms with van der Waals surface area (Å²) in [5, 5.41) is 9.03. The molecule has 1 aliphatic heterocycles. The highest BCUT2D eigenvalue weighted by molar-refractivity contribution is 6.62. The zero-order chi connectivity index (χ0) is 14.4. The number of benzene rings is 1. The minimum atomic E-state index is -1.04. The van der Waals surface area contributed by atoms with Crippen molar-refractivity contribution in [3.8, 4) is 0 Å². The zero-order valence-electron chi connectivity index (χ0n) is 11.5. The minimum Gasteiger partial charge on any atom is -0.399 e. The highest BCUT2D eigenvalue weighted by atomic mass is 19.2. The van der Waals surface area contributed by atoms with Gasteiger partial charge in [-0.3, -0.25) is 0 Å². The summed E-state index contributed by atoms with van der Waals surface area (Å²) in [5.41, 5.74) is -0.851. The Hall–Kier alpha value is -0.975. The highest BCUT2D eigenvalue weighted by Gasteiger charge is 2.51. The maximum Gasteiger partial charge on any atom is 0.494 e. The number of aliphatic hydroxyl groups is 1. The van der Waals surface area contributed by atoms with E-state index in [0.29, 0.717) is 5.46 Å². The van der Waals surface area contributed by atoms with Crippen LogP contribution in [0.4, 0.5) is 8.78 Å². The fourth-order valence-corrected chi connectivity index (χ4v) is 1.90. The van der Waals surface area contributed by atoms with Crippen LogP contribution in [-0.4, -0.2) is 23.4 Å². The van der Waals surface area contributed by atoms with E-state index in [2.05, 4.69) is 0 Å². The van der Waals surface area contributed by atoms with E-state index in [0.717, 1.165) is 6.07 Å². The summed E-state index contributed by atoms with van der Waals surface area (Å²) in [6.45, 7) is 6.93. The SMILES string of the molecule is CC1(C)OB(c2cc(F)c(F)c(CO)c2)OC1(C)C. The molecule has 0 unspecified atom stereocenters. The second-order valence-electron chi connectivity index (χ2n) is 5.72. The summed E-state index contributed by atoms with van der Waals surface area (Å²) >= 11 is 0. The second kappa shape index (κ2) is 4.54. The number of aliphatic hydroxyl groups excluding tert-OH is 1. The van der Waals surface area contributed by atoms with Gasteiger partial charge in [-0.1, -0.05) is 6.07 Å². The molecule has 1 aliphatic rings. The molecule has 19 heavy (non-hydrogen) atoms. The molecule has 0 aromatic heterocycles. The number of hydrogen-bond donors (Lipinski definition) is 1. The van der Waals surface area contributed by atoms with Crippen molar-refractivity contribution < 1.29 is 23.2 Å². The van der Waals surface area contributed by atoms with Gasteiger partial charge in [-0.25, -0.2) is 8.78 Å². The van der Waals surface area contributed by atoms with Gasteiger partial charge in [0.05, 0.1) is 17.8 Å². The van der Waals surface area contributed by atoms with E-state index < -0.39 is 36.6 Å². The van der Waals surface area contributed by atoms with Crippen LogP contribution in [0.5, 0.6) is 0 Å². The average Bonchev–Trinajstić information content (AvgIpc) is 2.52. The molecule has 104 valence electrons. The van der Waals surface area contributed by atoms with Crippen molar-refractivity contribution in [1.29, 1.82) is 0 Å². The third kappa shape index (κ3) is 2.40. The second-order valence-corrected chi connectivity index (χ2v) is 5.72. The molecular weight excluding hydrogens is 253 g/mol. The molecule has 0 saturated carbocycles. The van der Waals surface area contributed by atoms with Gasteiger partial charge in [-0.05, 0) is 39.2 Å². The Labute approximate surface area is 111 Å². The van der Waals surface area contributed by atoms with Crippen LogP contribution in [0.2, 0.25) is 0 Å². The van der Waals surface area contributed by atoms with Crippen molar-refractivity contribution >= 4 is 12.6 Å². The molecule has 1 heterocycles. The average molecular weight is 270 g/mol. The lowest BCUT2D eigenvalue weighted by Crippen LogP contribution is -2.41. The van der Waals surface area contributed by atoms with E-state index in [1.807, 2.05) is 27.7 Å². The van der Waals surface area contributed by atoms with E-state index in [4.69, 9.17) is 14.4 Å². The van der Waals surface area contributed by atoms with Crippen LogP contribution < -0.4 is 5.46 Å². The van der Waals surface area contributed by atoms with Gasteiger partial charge in [0.15, 0.2) is 11.6 Å². The normalized spacial score (nSPS) is 20.9. The molecule has 1 N–H and O–H groups in total. The minimum absolute atomic E-state index is 0.107. The van der Waals surface area contributed by atoms with Crippen LogP contribution in [-0.2, 0) is 15.9 Å². The Kier molecular flexibility index (Phi) is 3.45. The van der Waals surface area contributed by atoms with Gasteiger partial charge < -0.3 is 14.4 Å². The van der Waals surface area contributed by atoms with Crippen molar-refractivity contribution in [2.75, 3.05) is 0 Å². The van der Waals surface area contributed by atoms with Gasteiger partial charge in [0.1, 0.15) is 0 Å². The summed E-state index contributed by atoms with van der Waals surface area (Å²) in [6, 6.07) is 2.40. The van der Waals surface area contributed by atoms with Crippen LogP contribution >= 0.6 is 0 Å². The van der Waals surface area contributed by atoms with Gasteiger partial charge in [0.25, 0.3) is 0 Å². The Bertz CT molecular complexity index is 487. The summed E-state index contributed by atoms with van der Waals surface area (Å²) in [6.07, 6.45) is 0. The van der Waals surface area contributed by atoms with Crippen molar-refractivity contribution in [1.82, 2.24) is 0 Å². The molecule has 1 aromatic rings. The third-order valence-electron chi connectivity index (χ3n) is 3.82. The lowest BCUT2D eigenvalue weighted by molar-refractivity contribution is 0.00578. The lowest BCUT2D eigenvalue weighted by atomic mass is 9.78. The molecule has 0 spiro atoms. The van der Waals surface area contributed by atoms with Gasteiger partial charge >= 0.3 is 7.12 Å². The first-order valence-corrected chi connectivity index (χ1v) is 6.12. The number of halogens is 2. The number of rotatable bonds is 2. The summed E-state index contributed by atoms with van der Waals surface area (Å²) in [5.74, 6) is -2.06. The maximum absolute atomic E-state index is 13.5. The van der Waals surface area contributed by atoms with Crippen LogP contribution in [0.3, 0.4) is 0 Å². The fourth-order valence-electron chi connectivity index (χ4n) is 1.90. The largest absolute Gasteiger partial charge is 0.494 e. The zero-order valence-corrected chi connectivity index (χ0v) is 11.5. The van der Waals surface area contributed by atoms with Crippen LogP contribution in [0.25, 0.3) is 0 Å². The molecule has 6 heteroatoms. The molecule has 0 amide bonds. The Balaban J connectivity index is 2.37. The third-order valence-corrected chi connectivity index (χ3v) is 3.82. The van der Waals surface area contributed by atoms with E-state index in [9.17, 15) is 8.78 Å². The topological polar surface area (TPSA) is 38.7 Å². The molecule has 0 aliphatic carbocycles. The van der Waals surface area contributed by atoms with Crippen molar-refractivity contribution in [2.45, 2.75) is 45.5 Å². The first-order chi connectivity index (χ1) is 8.68. The maximum atomic E-state index is 13.5. The molecule has 1 aromatic carbocycles. The van der Waals surface area contributed by atoms with Gasteiger partial charge in [0, 0.05) is 5.56 Å². The highest BCUT2D eigenvalue weighted by Crippen LogP contribution is 2.36. The van der Waals surface area contributed by atoms with E-state index >= 15 is 0 Å². The van der Waals surface area contributed by atoms with Gasteiger partial charge in [-0.15, -0.1) is 0 Å². The van der Waals surface area contributed by atoms with Crippen LogP contribution in [0.15, 0.2) is 12.1 Å². The van der Waals surface area contributed by atoms with E-state index in [-0.39, 0.29) is 5.56 Å². The van der Waals surface area contributed by atoms with Crippen LogP contribution in [0, 0.1) is 11.6 Å². The molecule has 1 fully saturated rings. The molecule has 3 nitrogen and oxygen atoms in total. The summed E-state index contributed by atoms with van der Waals surface area (Å²) < 4.78 is 38.3. The Morgan fingerprint density at radius 3 is 2.11 bits per heavy atom. The predicted molar refractivity (Wildman–Crippen MR) is 68.0 cm³/mol. The molecule has 1 saturated heterocycles. The van der Waals surface area contributed by atoms with Gasteiger partial charge in [0.2, 0.25) is 0 Å². The summed E-state index contributed by atoms with van der Waals surface area (Å²) in [7, 11) is -0.773. The molecular formula is C13H17BF2O3. The quantitative estimate of drug-likeness (QED) is 0.832. The fraction of sp³-hybridized carbons (Fsp3) is 0.538. The summed E-state index contributed by atoms with van der Waals surface area (Å²) in [4.78, 5) is 0. The molecule has 0 bridgehead atoms. The van der Waals surface area contributed by atoms with Crippen molar-refractivity contribution in [3.05, 3.63) is 29.3 Å². The first kappa shape index (κ1) is 14.4. The van der Waals surface area contributed by atoms with Crippen molar-refractivity contribution in [3.63, 3.8) is 0 Å². The van der Waals surface area contributed by atoms with E-state index in [1.165, 1.54) is 6.07 Å². The van der Waals surface area contributed by atoms with E-state index in [1.54, 1.807) is 0 Å². The Morgan fingerprint density at radius 1 is 1.11 bits per heavy atom. The van der Waals surface area contributed by atoms with Crippen LogP contribution in [0.1, 0.15) is 33.3 Å². The first-order valence-electron chi connectivity index (χ1n) is 6.12. The molecule has 0 radical (unpaired) electrons.